The number of aliphatic hydroxyl groups excluding tert-OH is 1. The Balaban J connectivity index is 1.68. The number of hydrogen-bond acceptors (Lipinski definition) is 5. The zero-order valence-electron chi connectivity index (χ0n) is 12.3. The van der Waals surface area contributed by atoms with Crippen LogP contribution in [0.15, 0.2) is 62.6 Å². The fourth-order valence-electron chi connectivity index (χ4n) is 2.12. The van der Waals surface area contributed by atoms with Crippen molar-refractivity contribution in [3.63, 3.8) is 0 Å². The van der Waals surface area contributed by atoms with Crippen molar-refractivity contribution >= 4 is 48.6 Å². The quantitative estimate of drug-likeness (QED) is 0.601. The number of benzene rings is 1. The minimum absolute atomic E-state index is 0.198. The Morgan fingerprint density at radius 1 is 1.04 bits per heavy atom. The van der Waals surface area contributed by atoms with Crippen molar-refractivity contribution in [2.24, 2.45) is 0 Å². The van der Waals surface area contributed by atoms with Crippen molar-refractivity contribution in [3.8, 4) is 0 Å². The first-order valence-corrected chi connectivity index (χ1v) is 10.9. The molecule has 0 amide bonds. The maximum atomic E-state index is 12.2. The Kier molecular flexibility index (Phi) is 5.53. The smallest absolute Gasteiger partial charge is 0.250 e. The Morgan fingerprint density at radius 2 is 1.79 bits per heavy atom. The molecule has 24 heavy (non-hydrogen) atoms. The molecule has 0 aliphatic heterocycles. The maximum Gasteiger partial charge on any atom is 0.250 e. The van der Waals surface area contributed by atoms with Gasteiger partial charge in [0.1, 0.15) is 10.3 Å². The van der Waals surface area contributed by atoms with E-state index in [1.807, 2.05) is 42.5 Å². The number of nitrogens with one attached hydrogen (secondary N) is 1. The third-order valence-corrected chi connectivity index (χ3v) is 7.97. The number of halogens is 1. The van der Waals surface area contributed by atoms with E-state index in [0.717, 1.165) is 19.1 Å². The van der Waals surface area contributed by atoms with Gasteiger partial charge in [-0.3, -0.25) is 0 Å². The molecule has 0 aliphatic carbocycles. The van der Waals surface area contributed by atoms with E-state index < -0.39 is 16.1 Å². The molecule has 1 aromatic carbocycles. The largest absolute Gasteiger partial charge is 0.383 e. The standard InChI is InChI=1S/C16H14BrNO3S3/c17-14-8-9-15(23-14)24(20,21)18-10-12-6-7-13(22-12)16(19)11-4-2-1-3-5-11/h1-9,16,18-19H,10H2. The van der Waals surface area contributed by atoms with Gasteiger partial charge in [0.2, 0.25) is 10.0 Å². The van der Waals surface area contributed by atoms with Crippen LogP contribution in [0.3, 0.4) is 0 Å². The van der Waals surface area contributed by atoms with E-state index in [9.17, 15) is 13.5 Å². The van der Waals surface area contributed by atoms with E-state index in [0.29, 0.717) is 0 Å². The first kappa shape index (κ1) is 17.8. The van der Waals surface area contributed by atoms with Gasteiger partial charge >= 0.3 is 0 Å². The van der Waals surface area contributed by atoms with Crippen LogP contribution in [0.2, 0.25) is 0 Å². The van der Waals surface area contributed by atoms with Crippen LogP contribution in [0.1, 0.15) is 21.4 Å². The second-order valence-electron chi connectivity index (χ2n) is 5.00. The average Bonchev–Trinajstić information content (AvgIpc) is 3.22. The van der Waals surface area contributed by atoms with Gasteiger partial charge in [-0.2, -0.15) is 0 Å². The van der Waals surface area contributed by atoms with E-state index in [1.54, 1.807) is 12.1 Å². The fourth-order valence-corrected chi connectivity index (χ4v) is 6.23. The van der Waals surface area contributed by atoms with Crippen molar-refractivity contribution in [2.75, 3.05) is 0 Å². The van der Waals surface area contributed by atoms with Crippen LogP contribution in [-0.4, -0.2) is 13.5 Å². The first-order chi connectivity index (χ1) is 11.5. The molecule has 1 atom stereocenters. The second kappa shape index (κ2) is 7.47. The van der Waals surface area contributed by atoms with Crippen molar-refractivity contribution in [2.45, 2.75) is 16.9 Å². The highest BCUT2D eigenvalue weighted by Gasteiger charge is 2.17. The van der Waals surface area contributed by atoms with Gasteiger partial charge in [0.05, 0.1) is 3.79 Å². The molecule has 0 saturated heterocycles. The van der Waals surface area contributed by atoms with E-state index in [4.69, 9.17) is 0 Å². The molecular formula is C16H14BrNO3S3. The zero-order chi connectivity index (χ0) is 17.2. The third-order valence-electron chi connectivity index (χ3n) is 3.32. The molecule has 0 spiro atoms. The van der Waals surface area contributed by atoms with Crippen LogP contribution < -0.4 is 4.72 Å². The van der Waals surface area contributed by atoms with Gasteiger partial charge in [-0.1, -0.05) is 30.3 Å². The number of hydrogen-bond donors (Lipinski definition) is 2. The van der Waals surface area contributed by atoms with E-state index in [1.165, 1.54) is 22.7 Å². The Hall–Kier alpha value is -1.03. The molecule has 0 saturated carbocycles. The Labute approximate surface area is 157 Å². The number of rotatable bonds is 6. The minimum atomic E-state index is -3.52. The summed E-state index contributed by atoms with van der Waals surface area (Å²) in [5.41, 5.74) is 0.815. The highest BCUT2D eigenvalue weighted by atomic mass is 79.9. The van der Waals surface area contributed by atoms with Crippen molar-refractivity contribution in [3.05, 3.63) is 73.7 Å². The molecular weight excluding hydrogens is 430 g/mol. The predicted molar refractivity (Wildman–Crippen MR) is 101 cm³/mol. The Morgan fingerprint density at radius 3 is 2.46 bits per heavy atom. The van der Waals surface area contributed by atoms with Gasteiger partial charge < -0.3 is 5.11 Å². The van der Waals surface area contributed by atoms with Gasteiger partial charge in [0.25, 0.3) is 0 Å². The van der Waals surface area contributed by atoms with Crippen molar-refractivity contribution in [1.29, 1.82) is 0 Å². The Bertz CT molecular complexity index is 919. The molecule has 2 aromatic heterocycles. The molecule has 1 unspecified atom stereocenters. The molecule has 126 valence electrons. The maximum absolute atomic E-state index is 12.2. The number of thiophene rings is 2. The summed E-state index contributed by atoms with van der Waals surface area (Å²) in [4.78, 5) is 1.63. The summed E-state index contributed by atoms with van der Waals surface area (Å²) in [5, 5.41) is 10.4. The lowest BCUT2D eigenvalue weighted by atomic mass is 10.1. The molecule has 0 bridgehead atoms. The van der Waals surface area contributed by atoms with Crippen LogP contribution in [0.4, 0.5) is 0 Å². The molecule has 0 radical (unpaired) electrons. The molecule has 8 heteroatoms. The lowest BCUT2D eigenvalue weighted by Gasteiger charge is -2.08. The molecule has 2 heterocycles. The molecule has 0 fully saturated rings. The SMILES string of the molecule is O=S(=O)(NCc1ccc(C(O)c2ccccc2)s1)c1ccc(Br)s1. The van der Waals surface area contributed by atoms with E-state index in [2.05, 4.69) is 20.7 Å². The minimum Gasteiger partial charge on any atom is -0.383 e. The summed E-state index contributed by atoms with van der Waals surface area (Å²) in [6.45, 7) is 0.198. The normalized spacial score (nSPS) is 13.1. The van der Waals surface area contributed by atoms with Gasteiger partial charge in [0, 0.05) is 16.3 Å². The van der Waals surface area contributed by atoms with Crippen LogP contribution >= 0.6 is 38.6 Å². The van der Waals surface area contributed by atoms with Crippen molar-refractivity contribution in [1.82, 2.24) is 4.72 Å². The van der Waals surface area contributed by atoms with Crippen molar-refractivity contribution < 1.29 is 13.5 Å². The van der Waals surface area contributed by atoms with E-state index >= 15 is 0 Å². The van der Waals surface area contributed by atoms with Gasteiger partial charge in [-0.05, 0) is 45.8 Å². The highest BCUT2D eigenvalue weighted by Crippen LogP contribution is 2.29. The third kappa shape index (κ3) is 4.14. The van der Waals surface area contributed by atoms with Crippen LogP contribution in [0.5, 0.6) is 0 Å². The molecule has 4 nitrogen and oxygen atoms in total. The summed E-state index contributed by atoms with van der Waals surface area (Å²) in [5.74, 6) is 0. The predicted octanol–water partition coefficient (Wildman–Crippen LogP) is 4.13. The zero-order valence-corrected chi connectivity index (χ0v) is 16.4. The van der Waals surface area contributed by atoms with Gasteiger partial charge in [-0.25, -0.2) is 13.1 Å². The van der Waals surface area contributed by atoms with E-state index in [-0.39, 0.29) is 10.8 Å². The molecule has 2 N–H and O–H groups in total. The van der Waals surface area contributed by atoms with Gasteiger partial charge in [-0.15, -0.1) is 22.7 Å². The first-order valence-electron chi connectivity index (χ1n) is 7.02. The van der Waals surface area contributed by atoms with Crippen LogP contribution in [-0.2, 0) is 16.6 Å². The second-order valence-corrected chi connectivity index (χ2v) is 10.7. The molecule has 3 aromatic rings. The summed E-state index contributed by atoms with van der Waals surface area (Å²) >= 11 is 5.82. The summed E-state index contributed by atoms with van der Waals surface area (Å²) < 4.78 is 28.1. The summed E-state index contributed by atoms with van der Waals surface area (Å²) in [7, 11) is -3.52. The number of aliphatic hydroxyl groups is 1. The molecule has 3 rings (SSSR count). The summed E-state index contributed by atoms with van der Waals surface area (Å²) in [6, 6.07) is 16.3. The topological polar surface area (TPSA) is 66.4 Å². The lowest BCUT2D eigenvalue weighted by molar-refractivity contribution is 0.224. The monoisotopic (exact) mass is 443 g/mol. The number of sulfonamides is 1. The summed E-state index contributed by atoms with van der Waals surface area (Å²) in [6.07, 6.45) is -0.699. The molecule has 0 aliphatic rings. The average molecular weight is 444 g/mol. The van der Waals surface area contributed by atoms with Crippen LogP contribution in [0.25, 0.3) is 0 Å². The fraction of sp³-hybridized carbons (Fsp3) is 0.125. The lowest BCUT2D eigenvalue weighted by Crippen LogP contribution is -2.21. The highest BCUT2D eigenvalue weighted by molar-refractivity contribution is 9.11. The van der Waals surface area contributed by atoms with Gasteiger partial charge in [0.15, 0.2) is 0 Å². The van der Waals surface area contributed by atoms with Crippen LogP contribution in [0, 0.1) is 0 Å².